The number of H-pyrrole nitrogens is 1. The van der Waals surface area contributed by atoms with Gasteiger partial charge >= 0.3 is 6.09 Å². The highest BCUT2D eigenvalue weighted by molar-refractivity contribution is 5.93. The van der Waals surface area contributed by atoms with Crippen LogP contribution in [-0.4, -0.2) is 68.0 Å². The Morgan fingerprint density at radius 1 is 1.07 bits per heavy atom. The van der Waals surface area contributed by atoms with Crippen molar-refractivity contribution >= 4 is 34.8 Å². The third-order valence-electron chi connectivity index (χ3n) is 7.03. The van der Waals surface area contributed by atoms with Crippen LogP contribution in [0.5, 0.6) is 0 Å². The Labute approximate surface area is 250 Å². The van der Waals surface area contributed by atoms with Crippen LogP contribution in [0.4, 0.5) is 19.4 Å². The topological polar surface area (TPSA) is 176 Å². The zero-order valence-electron chi connectivity index (χ0n) is 23.8. The van der Waals surface area contributed by atoms with Crippen LogP contribution in [0.25, 0.3) is 22.4 Å². The molecule has 0 saturated heterocycles. The molecule has 15 heteroatoms. The molecule has 230 valence electrons. The molecule has 1 saturated carbocycles. The maximum absolute atomic E-state index is 14.7. The number of alkyl carbamates (subject to hydrolysis) is 1. The highest BCUT2D eigenvalue weighted by Crippen LogP contribution is 2.28. The number of ether oxygens (including phenoxy) is 1. The van der Waals surface area contributed by atoms with E-state index in [1.54, 1.807) is 19.2 Å². The molecule has 4 heterocycles. The summed E-state index contributed by atoms with van der Waals surface area (Å²) in [6.45, 7) is 1.90. The molecule has 0 aromatic carbocycles. The first-order valence-corrected chi connectivity index (χ1v) is 14.1. The molecule has 0 aliphatic heterocycles. The zero-order chi connectivity index (χ0) is 31.1. The van der Waals surface area contributed by atoms with Gasteiger partial charge in [0, 0.05) is 42.0 Å². The predicted octanol–water partition coefficient (Wildman–Crippen LogP) is 3.21. The molecule has 0 unspecified atom stereocenters. The largest absolute Gasteiger partial charge is 0.445 e. The first-order chi connectivity index (χ1) is 21.3. The second-order valence-electron chi connectivity index (χ2n) is 10.3. The second kappa shape index (κ2) is 13.8. The van der Waals surface area contributed by atoms with Crippen molar-refractivity contribution in [2.75, 3.05) is 18.4 Å². The Bertz CT molecular complexity index is 1670. The average Bonchev–Trinajstić information content (AvgIpc) is 3.43. The van der Waals surface area contributed by atoms with Crippen molar-refractivity contribution in [1.82, 2.24) is 40.9 Å². The lowest BCUT2D eigenvalue weighted by Gasteiger charge is -2.30. The minimum Gasteiger partial charge on any atom is -0.445 e. The van der Waals surface area contributed by atoms with Crippen LogP contribution in [0, 0.1) is 11.6 Å². The van der Waals surface area contributed by atoms with E-state index in [0.717, 1.165) is 31.7 Å². The molecule has 1 aliphatic carbocycles. The highest BCUT2D eigenvalue weighted by atomic mass is 19.1. The number of pyridine rings is 2. The van der Waals surface area contributed by atoms with Gasteiger partial charge in [0.05, 0.1) is 18.9 Å². The zero-order valence-corrected chi connectivity index (χ0v) is 23.8. The lowest BCUT2D eigenvalue weighted by molar-refractivity contribution is -0.120. The fraction of sp³-hybridized carbons (Fsp3) is 0.345. The molecule has 0 bridgehead atoms. The molecule has 44 heavy (non-hydrogen) atoms. The van der Waals surface area contributed by atoms with Gasteiger partial charge in [0.2, 0.25) is 5.91 Å². The number of amides is 3. The van der Waals surface area contributed by atoms with Crippen LogP contribution in [0.15, 0.2) is 43.0 Å². The van der Waals surface area contributed by atoms with E-state index in [0.29, 0.717) is 35.1 Å². The summed E-state index contributed by atoms with van der Waals surface area (Å²) in [5.41, 5.74) is 1.65. The molecule has 4 aromatic rings. The van der Waals surface area contributed by atoms with Crippen LogP contribution in [0.3, 0.4) is 0 Å². The molecular weight excluding hydrogens is 576 g/mol. The Morgan fingerprint density at radius 3 is 2.75 bits per heavy atom. The quantitative estimate of drug-likeness (QED) is 0.181. The number of halogens is 2. The van der Waals surface area contributed by atoms with E-state index < -0.39 is 23.6 Å². The predicted molar refractivity (Wildman–Crippen MR) is 155 cm³/mol. The molecular formula is C29H31F2N9O4. The van der Waals surface area contributed by atoms with Gasteiger partial charge in [-0.1, -0.05) is 0 Å². The maximum atomic E-state index is 14.7. The van der Waals surface area contributed by atoms with E-state index in [9.17, 15) is 23.2 Å². The number of aromatic amines is 1. The van der Waals surface area contributed by atoms with Crippen molar-refractivity contribution in [2.45, 2.75) is 51.3 Å². The van der Waals surface area contributed by atoms with Gasteiger partial charge in [-0.3, -0.25) is 14.6 Å². The summed E-state index contributed by atoms with van der Waals surface area (Å²) in [4.78, 5) is 55.9. The van der Waals surface area contributed by atoms with Gasteiger partial charge in [0.1, 0.15) is 23.8 Å². The Kier molecular flexibility index (Phi) is 9.52. The summed E-state index contributed by atoms with van der Waals surface area (Å²) >= 11 is 0. The number of anilines is 1. The highest BCUT2D eigenvalue weighted by Gasteiger charge is 2.26. The number of carbonyl (C=O) groups excluding carboxylic acids is 3. The SMILES string of the molecule is CCNC(=O)CNC(=O)OCc1ccnc(C(=O)N[C@H]2CCC[C@@H](Nc3nc(-c4c[nH]c5ncc(F)cc45)ncc3F)C2)c1. The number of carbonyl (C=O) groups is 3. The number of likely N-dealkylation sites (N-methyl/N-ethyl adjacent to an activating group) is 1. The Hall–Kier alpha value is -5.21. The van der Waals surface area contributed by atoms with Crippen LogP contribution in [0.2, 0.25) is 0 Å². The minimum absolute atomic E-state index is 0.00934. The molecule has 2 atom stereocenters. The molecule has 5 N–H and O–H groups in total. The van der Waals surface area contributed by atoms with Crippen molar-refractivity contribution in [3.05, 3.63) is 65.9 Å². The number of rotatable bonds is 10. The number of aromatic nitrogens is 5. The maximum Gasteiger partial charge on any atom is 0.407 e. The molecule has 0 radical (unpaired) electrons. The smallest absolute Gasteiger partial charge is 0.407 e. The summed E-state index contributed by atoms with van der Waals surface area (Å²) in [6, 6.07) is 4.06. The van der Waals surface area contributed by atoms with Crippen LogP contribution in [-0.2, 0) is 16.1 Å². The van der Waals surface area contributed by atoms with Gasteiger partial charge in [-0.2, -0.15) is 0 Å². The Balaban J connectivity index is 1.17. The number of nitrogens with zero attached hydrogens (tertiary/aromatic N) is 4. The van der Waals surface area contributed by atoms with Crippen molar-refractivity contribution in [2.24, 2.45) is 0 Å². The molecule has 3 amide bonds. The van der Waals surface area contributed by atoms with E-state index in [-0.39, 0.29) is 48.5 Å². The Morgan fingerprint density at radius 2 is 1.91 bits per heavy atom. The van der Waals surface area contributed by atoms with Crippen LogP contribution < -0.4 is 21.3 Å². The molecule has 1 fully saturated rings. The summed E-state index contributed by atoms with van der Waals surface area (Å²) in [5.74, 6) is -1.65. The fourth-order valence-electron chi connectivity index (χ4n) is 4.97. The molecule has 1 aliphatic rings. The van der Waals surface area contributed by atoms with E-state index in [4.69, 9.17) is 4.74 Å². The van der Waals surface area contributed by atoms with E-state index in [1.807, 2.05) is 0 Å². The van der Waals surface area contributed by atoms with E-state index in [2.05, 4.69) is 46.2 Å². The molecule has 0 spiro atoms. The average molecular weight is 608 g/mol. The number of fused-ring (bicyclic) bond motifs is 1. The fourth-order valence-corrected chi connectivity index (χ4v) is 4.97. The standard InChI is InChI=1S/C29H31F2N9O4/c1-2-32-24(41)14-37-29(43)44-15-16-6-7-33-23(8-16)28(42)39-19-5-3-4-18(10-19)38-27-22(31)13-36-26(40-27)21-12-35-25-20(21)9-17(30)11-34-25/h6-9,11-13,18-19H,2-5,10,14-15H2,1H3,(H,32,41)(H,34,35)(H,37,43)(H,39,42)(H,36,38,40)/t18-,19+/m1/s1. The van der Waals surface area contributed by atoms with Crippen molar-refractivity contribution < 1.29 is 27.9 Å². The van der Waals surface area contributed by atoms with Crippen molar-refractivity contribution in [3.8, 4) is 11.4 Å². The van der Waals surface area contributed by atoms with Crippen molar-refractivity contribution in [3.63, 3.8) is 0 Å². The first kappa shape index (κ1) is 30.3. The lowest BCUT2D eigenvalue weighted by Crippen LogP contribution is -2.42. The first-order valence-electron chi connectivity index (χ1n) is 14.1. The summed E-state index contributed by atoms with van der Waals surface area (Å²) in [6.07, 6.45) is 7.19. The lowest BCUT2D eigenvalue weighted by atomic mass is 9.91. The van der Waals surface area contributed by atoms with Crippen molar-refractivity contribution in [1.29, 1.82) is 0 Å². The number of hydrogen-bond acceptors (Lipinski definition) is 9. The third-order valence-corrected chi connectivity index (χ3v) is 7.03. The monoisotopic (exact) mass is 607 g/mol. The molecule has 5 rings (SSSR count). The summed E-state index contributed by atoms with van der Waals surface area (Å²) < 4.78 is 33.6. The summed E-state index contributed by atoms with van der Waals surface area (Å²) in [5, 5.41) is 11.5. The van der Waals surface area contributed by atoms with Gasteiger partial charge < -0.3 is 31.0 Å². The number of nitrogens with one attached hydrogen (secondary N) is 5. The van der Waals surface area contributed by atoms with Gasteiger partial charge in [0.25, 0.3) is 5.91 Å². The third kappa shape index (κ3) is 7.59. The minimum atomic E-state index is -0.764. The van der Waals surface area contributed by atoms with Crippen LogP contribution in [0.1, 0.15) is 48.7 Å². The van der Waals surface area contributed by atoms with Crippen LogP contribution >= 0.6 is 0 Å². The molecule has 4 aromatic heterocycles. The summed E-state index contributed by atoms with van der Waals surface area (Å²) in [7, 11) is 0. The second-order valence-corrected chi connectivity index (χ2v) is 10.3. The molecule has 13 nitrogen and oxygen atoms in total. The van der Waals surface area contributed by atoms with Gasteiger partial charge in [-0.25, -0.2) is 28.5 Å². The number of hydrogen-bond donors (Lipinski definition) is 5. The van der Waals surface area contributed by atoms with Gasteiger partial charge in [-0.05, 0) is 56.4 Å². The van der Waals surface area contributed by atoms with E-state index in [1.165, 1.54) is 18.3 Å². The normalized spacial score (nSPS) is 16.2. The van der Waals surface area contributed by atoms with Gasteiger partial charge in [-0.15, -0.1) is 0 Å². The van der Waals surface area contributed by atoms with E-state index >= 15 is 0 Å². The van der Waals surface area contributed by atoms with Gasteiger partial charge in [0.15, 0.2) is 17.5 Å².